The van der Waals surface area contributed by atoms with E-state index in [-0.39, 0.29) is 17.6 Å². The van der Waals surface area contributed by atoms with Crippen molar-refractivity contribution in [1.29, 1.82) is 0 Å². The van der Waals surface area contributed by atoms with E-state index in [0.29, 0.717) is 11.7 Å². The highest BCUT2D eigenvalue weighted by molar-refractivity contribution is 4.98. The fraction of sp³-hybridized carbons (Fsp3) is 0.818. The van der Waals surface area contributed by atoms with Crippen LogP contribution in [0, 0.1) is 5.41 Å². The molecule has 0 amide bonds. The van der Waals surface area contributed by atoms with Crippen LogP contribution in [0.4, 0.5) is 0 Å². The van der Waals surface area contributed by atoms with Crippen molar-refractivity contribution in [2.75, 3.05) is 7.11 Å². The minimum absolute atomic E-state index is 0.0772. The van der Waals surface area contributed by atoms with Crippen LogP contribution in [0.15, 0.2) is 4.52 Å². The molecule has 0 aliphatic carbocycles. The molecular weight excluding hydrogens is 206 g/mol. The minimum Gasteiger partial charge on any atom is -0.373 e. The Morgan fingerprint density at radius 3 is 2.50 bits per heavy atom. The molecule has 2 unspecified atom stereocenters. The molecule has 0 aliphatic rings. The van der Waals surface area contributed by atoms with Gasteiger partial charge in [0, 0.05) is 7.11 Å². The molecule has 0 bridgehead atoms. The minimum atomic E-state index is -0.196. The molecule has 0 aromatic carbocycles. The Labute approximate surface area is 96.4 Å². The molecule has 5 nitrogen and oxygen atoms in total. The Hall–Kier alpha value is -0.940. The Bertz CT molecular complexity index is 330. The van der Waals surface area contributed by atoms with Gasteiger partial charge in [-0.1, -0.05) is 32.9 Å². The van der Waals surface area contributed by atoms with Gasteiger partial charge in [-0.3, -0.25) is 0 Å². The van der Waals surface area contributed by atoms with Crippen molar-refractivity contribution in [2.45, 2.75) is 46.3 Å². The Kier molecular flexibility index (Phi) is 4.04. The largest absolute Gasteiger partial charge is 0.373 e. The van der Waals surface area contributed by atoms with E-state index in [2.05, 4.69) is 30.9 Å². The summed E-state index contributed by atoms with van der Waals surface area (Å²) in [6, 6.07) is -0.196. The average Bonchev–Trinajstić information content (AvgIpc) is 2.64. The van der Waals surface area contributed by atoms with E-state index in [0.717, 1.165) is 6.42 Å². The second-order valence-corrected chi connectivity index (χ2v) is 4.99. The van der Waals surface area contributed by atoms with E-state index in [9.17, 15) is 0 Å². The number of nitrogens with zero attached hydrogens (tertiary/aromatic N) is 2. The van der Waals surface area contributed by atoms with Crippen LogP contribution < -0.4 is 5.73 Å². The van der Waals surface area contributed by atoms with Gasteiger partial charge in [-0.15, -0.1) is 0 Å². The van der Waals surface area contributed by atoms with Gasteiger partial charge < -0.3 is 15.0 Å². The first-order valence-electron chi connectivity index (χ1n) is 5.52. The summed E-state index contributed by atoms with van der Waals surface area (Å²) < 4.78 is 10.5. The van der Waals surface area contributed by atoms with Crippen LogP contribution >= 0.6 is 0 Å². The van der Waals surface area contributed by atoms with Crippen LogP contribution in [0.1, 0.15) is 58.0 Å². The Morgan fingerprint density at radius 1 is 1.44 bits per heavy atom. The van der Waals surface area contributed by atoms with Crippen LogP contribution in [-0.4, -0.2) is 17.3 Å². The maximum absolute atomic E-state index is 5.82. The molecule has 0 aliphatic heterocycles. The highest BCUT2D eigenvalue weighted by Gasteiger charge is 2.31. The number of nitrogens with two attached hydrogens (primary N) is 1. The van der Waals surface area contributed by atoms with E-state index in [1.165, 1.54) is 0 Å². The van der Waals surface area contributed by atoms with Crippen LogP contribution in [-0.2, 0) is 4.74 Å². The summed E-state index contributed by atoms with van der Waals surface area (Å²) >= 11 is 0. The second-order valence-electron chi connectivity index (χ2n) is 4.99. The van der Waals surface area contributed by atoms with Crippen molar-refractivity contribution >= 4 is 0 Å². The van der Waals surface area contributed by atoms with Gasteiger partial charge in [0.25, 0.3) is 0 Å². The van der Waals surface area contributed by atoms with Gasteiger partial charge >= 0.3 is 0 Å². The molecular formula is C11H21N3O2. The molecule has 1 heterocycles. The molecule has 0 fully saturated rings. The first kappa shape index (κ1) is 13.1. The number of rotatable bonds is 4. The molecule has 1 aromatic heterocycles. The lowest BCUT2D eigenvalue weighted by molar-refractivity contribution is 0.00718. The number of hydrogen-bond acceptors (Lipinski definition) is 5. The lowest BCUT2D eigenvalue weighted by Crippen LogP contribution is -2.21. The molecule has 92 valence electrons. The van der Waals surface area contributed by atoms with E-state index in [1.807, 2.05) is 6.92 Å². The number of ether oxygens (including phenoxy) is 1. The quantitative estimate of drug-likeness (QED) is 0.853. The third-order valence-electron chi connectivity index (χ3n) is 2.47. The fourth-order valence-electron chi connectivity index (χ4n) is 1.53. The number of hydrogen-bond donors (Lipinski definition) is 1. The first-order chi connectivity index (χ1) is 7.40. The Morgan fingerprint density at radius 2 is 2.06 bits per heavy atom. The third-order valence-corrected chi connectivity index (χ3v) is 2.47. The van der Waals surface area contributed by atoms with Crippen LogP contribution in [0.2, 0.25) is 0 Å². The van der Waals surface area contributed by atoms with E-state index in [4.69, 9.17) is 15.0 Å². The van der Waals surface area contributed by atoms with E-state index < -0.39 is 0 Å². The van der Waals surface area contributed by atoms with Crippen molar-refractivity contribution in [3.63, 3.8) is 0 Å². The highest BCUT2D eigenvalue weighted by Crippen LogP contribution is 2.34. The van der Waals surface area contributed by atoms with Crippen molar-refractivity contribution in [1.82, 2.24) is 10.1 Å². The zero-order valence-corrected chi connectivity index (χ0v) is 10.7. The predicted octanol–water partition coefficient (Wildman–Crippen LogP) is 2.21. The maximum atomic E-state index is 5.82. The van der Waals surface area contributed by atoms with Gasteiger partial charge in [0.2, 0.25) is 11.7 Å². The molecule has 2 atom stereocenters. The van der Waals surface area contributed by atoms with Crippen molar-refractivity contribution in [3.8, 4) is 0 Å². The highest BCUT2D eigenvalue weighted by atomic mass is 16.5. The third kappa shape index (κ3) is 2.80. The lowest BCUT2D eigenvalue weighted by atomic mass is 9.88. The summed E-state index contributed by atoms with van der Waals surface area (Å²) in [5.74, 6) is 1.04. The molecule has 0 radical (unpaired) electrons. The summed E-state index contributed by atoms with van der Waals surface area (Å²) in [6.07, 6.45) is 0.587. The summed E-state index contributed by atoms with van der Waals surface area (Å²) in [4.78, 5) is 4.29. The van der Waals surface area contributed by atoms with Gasteiger partial charge in [-0.25, -0.2) is 0 Å². The summed E-state index contributed by atoms with van der Waals surface area (Å²) in [5.41, 5.74) is 5.74. The summed E-state index contributed by atoms with van der Waals surface area (Å²) in [7, 11) is 1.64. The SMILES string of the molecule is CCC(N)c1nc(C(OC)C(C)(C)C)no1. The molecule has 2 N–H and O–H groups in total. The van der Waals surface area contributed by atoms with Crippen LogP contribution in [0.5, 0.6) is 0 Å². The van der Waals surface area contributed by atoms with Crippen LogP contribution in [0.25, 0.3) is 0 Å². The standard InChI is InChI=1S/C11H21N3O2/c1-6-7(12)10-13-9(14-16-10)8(15-5)11(2,3)4/h7-8H,6,12H2,1-5H3. The lowest BCUT2D eigenvalue weighted by Gasteiger charge is -2.26. The van der Waals surface area contributed by atoms with Crippen LogP contribution in [0.3, 0.4) is 0 Å². The smallest absolute Gasteiger partial charge is 0.243 e. The topological polar surface area (TPSA) is 74.2 Å². The zero-order valence-electron chi connectivity index (χ0n) is 10.7. The van der Waals surface area contributed by atoms with Gasteiger partial charge in [-0.05, 0) is 11.8 Å². The van der Waals surface area contributed by atoms with E-state index >= 15 is 0 Å². The molecule has 0 saturated carbocycles. The molecule has 5 heteroatoms. The second kappa shape index (κ2) is 4.93. The molecule has 0 spiro atoms. The van der Waals surface area contributed by atoms with Crippen molar-refractivity contribution in [2.24, 2.45) is 11.1 Å². The summed E-state index contributed by atoms with van der Waals surface area (Å²) in [5, 5.41) is 3.93. The zero-order chi connectivity index (χ0) is 12.3. The molecule has 0 saturated heterocycles. The summed E-state index contributed by atoms with van der Waals surface area (Å²) in [6.45, 7) is 8.18. The maximum Gasteiger partial charge on any atom is 0.243 e. The average molecular weight is 227 g/mol. The predicted molar refractivity (Wildman–Crippen MR) is 60.7 cm³/mol. The van der Waals surface area contributed by atoms with Gasteiger partial charge in [0.1, 0.15) is 6.10 Å². The monoisotopic (exact) mass is 227 g/mol. The van der Waals surface area contributed by atoms with Crippen molar-refractivity contribution in [3.05, 3.63) is 11.7 Å². The van der Waals surface area contributed by atoms with Gasteiger partial charge in [0.05, 0.1) is 6.04 Å². The first-order valence-corrected chi connectivity index (χ1v) is 5.52. The molecule has 1 aromatic rings. The number of methoxy groups -OCH3 is 1. The Balaban J connectivity index is 2.91. The van der Waals surface area contributed by atoms with Gasteiger partial charge in [0.15, 0.2) is 0 Å². The normalized spacial score (nSPS) is 16.1. The molecule has 1 rings (SSSR count). The van der Waals surface area contributed by atoms with Gasteiger partial charge in [-0.2, -0.15) is 4.98 Å². The fourth-order valence-corrected chi connectivity index (χ4v) is 1.53. The van der Waals surface area contributed by atoms with Crippen molar-refractivity contribution < 1.29 is 9.26 Å². The molecule has 16 heavy (non-hydrogen) atoms. The van der Waals surface area contributed by atoms with E-state index in [1.54, 1.807) is 7.11 Å². The number of aromatic nitrogens is 2.